The highest BCUT2D eigenvalue weighted by Gasteiger charge is 2.21. The summed E-state index contributed by atoms with van der Waals surface area (Å²) in [6, 6.07) is 15.2. The summed E-state index contributed by atoms with van der Waals surface area (Å²) in [4.78, 5) is 12.6. The molecule has 0 aromatic heterocycles. The largest absolute Gasteiger partial charge is 0.481 e. The summed E-state index contributed by atoms with van der Waals surface area (Å²) in [5.41, 5.74) is 0.503. The molecule has 1 heterocycles. The molecule has 0 radical (unpaired) electrons. The molecule has 2 atom stereocenters. The van der Waals surface area contributed by atoms with Crippen LogP contribution in [0.15, 0.2) is 59.5 Å². The van der Waals surface area contributed by atoms with Gasteiger partial charge >= 0.3 is 0 Å². The lowest BCUT2D eigenvalue weighted by atomic mass is 10.2. The van der Waals surface area contributed by atoms with Crippen LogP contribution in [0.25, 0.3) is 0 Å². The summed E-state index contributed by atoms with van der Waals surface area (Å²) >= 11 is 0. The van der Waals surface area contributed by atoms with Gasteiger partial charge in [-0.25, -0.2) is 13.1 Å². The minimum atomic E-state index is -3.62. The number of carbonyl (C=O) groups excluding carboxylic acids is 1. The zero-order valence-corrected chi connectivity index (χ0v) is 17.2. The van der Waals surface area contributed by atoms with E-state index in [0.29, 0.717) is 24.5 Å². The Bertz CT molecular complexity index is 894. The number of hydrogen-bond donors (Lipinski definition) is 2. The Morgan fingerprint density at radius 1 is 1.17 bits per heavy atom. The van der Waals surface area contributed by atoms with Crippen molar-refractivity contribution in [3.63, 3.8) is 0 Å². The SMILES string of the molecule is CC[C@@H](Oc1ccccc1)C(=O)Nc1ccc(S(=O)(=O)NC[C@@H]2CCCO2)cc1. The third-order valence-corrected chi connectivity index (χ3v) is 6.08. The Morgan fingerprint density at radius 3 is 2.52 bits per heavy atom. The molecule has 0 bridgehead atoms. The maximum Gasteiger partial charge on any atom is 0.265 e. The quantitative estimate of drug-likeness (QED) is 0.653. The summed E-state index contributed by atoms with van der Waals surface area (Å²) in [5, 5.41) is 2.77. The van der Waals surface area contributed by atoms with Crippen molar-refractivity contribution in [2.45, 2.75) is 43.3 Å². The van der Waals surface area contributed by atoms with E-state index in [2.05, 4.69) is 10.0 Å². The Balaban J connectivity index is 1.58. The third kappa shape index (κ3) is 6.03. The van der Waals surface area contributed by atoms with E-state index < -0.39 is 16.1 Å². The molecule has 0 spiro atoms. The van der Waals surface area contributed by atoms with Crippen molar-refractivity contribution in [1.29, 1.82) is 0 Å². The highest BCUT2D eigenvalue weighted by atomic mass is 32.2. The molecular formula is C21H26N2O5S. The second-order valence-electron chi connectivity index (χ2n) is 6.83. The van der Waals surface area contributed by atoms with Crippen molar-refractivity contribution < 1.29 is 22.7 Å². The molecule has 29 heavy (non-hydrogen) atoms. The number of amides is 1. The molecule has 1 fully saturated rings. The van der Waals surface area contributed by atoms with Gasteiger partial charge in [-0.2, -0.15) is 0 Å². The lowest BCUT2D eigenvalue weighted by Crippen LogP contribution is -2.32. The molecule has 0 saturated carbocycles. The molecular weight excluding hydrogens is 392 g/mol. The van der Waals surface area contributed by atoms with Crippen LogP contribution in [-0.2, 0) is 19.6 Å². The number of hydrogen-bond acceptors (Lipinski definition) is 5. The van der Waals surface area contributed by atoms with Gasteiger partial charge in [-0.1, -0.05) is 25.1 Å². The van der Waals surface area contributed by atoms with Crippen LogP contribution >= 0.6 is 0 Å². The van der Waals surface area contributed by atoms with Gasteiger partial charge < -0.3 is 14.8 Å². The first-order valence-electron chi connectivity index (χ1n) is 9.72. The topological polar surface area (TPSA) is 93.7 Å². The summed E-state index contributed by atoms with van der Waals surface area (Å²) in [6.07, 6.45) is 1.60. The maximum absolute atomic E-state index is 12.5. The van der Waals surface area contributed by atoms with Crippen LogP contribution in [0.4, 0.5) is 5.69 Å². The van der Waals surface area contributed by atoms with Crippen molar-refractivity contribution in [3.8, 4) is 5.75 Å². The van der Waals surface area contributed by atoms with E-state index in [-0.39, 0.29) is 23.5 Å². The molecule has 8 heteroatoms. The maximum atomic E-state index is 12.5. The number of rotatable bonds is 9. The molecule has 156 valence electrons. The van der Waals surface area contributed by atoms with Crippen LogP contribution < -0.4 is 14.8 Å². The van der Waals surface area contributed by atoms with Crippen molar-refractivity contribution >= 4 is 21.6 Å². The molecule has 0 unspecified atom stereocenters. The van der Waals surface area contributed by atoms with Crippen molar-refractivity contribution in [3.05, 3.63) is 54.6 Å². The standard InChI is InChI=1S/C21H26N2O5S/c1-2-20(28-17-7-4-3-5-8-17)21(24)23-16-10-12-19(13-11-16)29(25,26)22-15-18-9-6-14-27-18/h3-5,7-8,10-13,18,20,22H,2,6,9,14-15H2,1H3,(H,23,24)/t18-,20+/m0/s1. The van der Waals surface area contributed by atoms with E-state index in [0.717, 1.165) is 12.8 Å². The van der Waals surface area contributed by atoms with Crippen LogP contribution in [0, 0.1) is 0 Å². The fraction of sp³-hybridized carbons (Fsp3) is 0.381. The van der Waals surface area contributed by atoms with Gasteiger partial charge in [-0.05, 0) is 55.7 Å². The lowest BCUT2D eigenvalue weighted by Gasteiger charge is -2.17. The first kappa shape index (κ1) is 21.3. The second-order valence-corrected chi connectivity index (χ2v) is 8.60. The predicted molar refractivity (Wildman–Crippen MR) is 110 cm³/mol. The monoisotopic (exact) mass is 418 g/mol. The Hall–Kier alpha value is -2.42. The number of para-hydroxylation sites is 1. The van der Waals surface area contributed by atoms with Crippen LogP contribution in [0.3, 0.4) is 0 Å². The van der Waals surface area contributed by atoms with Gasteiger partial charge in [0.2, 0.25) is 10.0 Å². The summed E-state index contributed by atoms with van der Waals surface area (Å²) in [5.74, 6) is 0.330. The van der Waals surface area contributed by atoms with Crippen molar-refractivity contribution in [2.24, 2.45) is 0 Å². The van der Waals surface area contributed by atoms with Crippen LogP contribution in [0.2, 0.25) is 0 Å². The van der Waals surface area contributed by atoms with Crippen LogP contribution in [-0.4, -0.2) is 39.7 Å². The Morgan fingerprint density at radius 2 is 1.90 bits per heavy atom. The van der Waals surface area contributed by atoms with E-state index in [1.807, 2.05) is 25.1 Å². The molecule has 2 aromatic rings. The minimum absolute atomic E-state index is 0.0704. The minimum Gasteiger partial charge on any atom is -0.481 e. The first-order valence-corrected chi connectivity index (χ1v) is 11.2. The third-order valence-electron chi connectivity index (χ3n) is 4.64. The zero-order valence-electron chi connectivity index (χ0n) is 16.3. The molecule has 0 aliphatic carbocycles. The zero-order chi connectivity index (χ0) is 20.7. The number of sulfonamides is 1. The van der Waals surface area contributed by atoms with E-state index in [1.54, 1.807) is 24.3 Å². The normalized spacial score (nSPS) is 17.6. The van der Waals surface area contributed by atoms with E-state index in [1.165, 1.54) is 12.1 Å². The van der Waals surface area contributed by atoms with Crippen molar-refractivity contribution in [2.75, 3.05) is 18.5 Å². The fourth-order valence-electron chi connectivity index (χ4n) is 3.02. The average molecular weight is 419 g/mol. The van der Waals surface area contributed by atoms with Crippen LogP contribution in [0.1, 0.15) is 26.2 Å². The molecule has 7 nitrogen and oxygen atoms in total. The molecule has 1 amide bonds. The number of anilines is 1. The number of ether oxygens (including phenoxy) is 2. The number of nitrogens with one attached hydrogen (secondary N) is 2. The molecule has 1 saturated heterocycles. The van der Waals surface area contributed by atoms with Gasteiger partial charge in [-0.3, -0.25) is 4.79 Å². The smallest absolute Gasteiger partial charge is 0.265 e. The number of carbonyl (C=O) groups is 1. The second kappa shape index (κ2) is 9.87. The van der Waals surface area contributed by atoms with E-state index in [9.17, 15) is 13.2 Å². The van der Waals surface area contributed by atoms with Gasteiger partial charge in [0.1, 0.15) is 5.75 Å². The molecule has 2 aromatic carbocycles. The average Bonchev–Trinajstić information content (AvgIpc) is 3.25. The summed E-state index contributed by atoms with van der Waals surface area (Å²) < 4.78 is 38.5. The molecule has 3 rings (SSSR count). The van der Waals surface area contributed by atoms with Crippen LogP contribution in [0.5, 0.6) is 5.75 Å². The van der Waals surface area contributed by atoms with Gasteiger partial charge in [0.15, 0.2) is 6.10 Å². The molecule has 2 N–H and O–H groups in total. The van der Waals surface area contributed by atoms with Gasteiger partial charge in [0.05, 0.1) is 11.0 Å². The summed E-state index contributed by atoms with van der Waals surface area (Å²) in [7, 11) is -3.62. The van der Waals surface area contributed by atoms with Gasteiger partial charge in [-0.15, -0.1) is 0 Å². The first-order chi connectivity index (χ1) is 14.0. The summed E-state index contributed by atoms with van der Waals surface area (Å²) in [6.45, 7) is 2.80. The molecule has 1 aliphatic rings. The molecule has 1 aliphatic heterocycles. The number of benzene rings is 2. The Kier molecular flexibility index (Phi) is 7.24. The lowest BCUT2D eigenvalue weighted by molar-refractivity contribution is -0.122. The Labute approximate surface area is 171 Å². The highest BCUT2D eigenvalue weighted by molar-refractivity contribution is 7.89. The van der Waals surface area contributed by atoms with E-state index >= 15 is 0 Å². The van der Waals surface area contributed by atoms with Gasteiger partial charge in [0.25, 0.3) is 5.91 Å². The van der Waals surface area contributed by atoms with Gasteiger partial charge in [0, 0.05) is 18.8 Å². The predicted octanol–water partition coefficient (Wildman–Crippen LogP) is 2.94. The van der Waals surface area contributed by atoms with E-state index in [4.69, 9.17) is 9.47 Å². The van der Waals surface area contributed by atoms with Crippen molar-refractivity contribution in [1.82, 2.24) is 4.72 Å². The fourth-order valence-corrected chi connectivity index (χ4v) is 4.08. The highest BCUT2D eigenvalue weighted by Crippen LogP contribution is 2.18.